The molecule has 4 aromatic heterocycles. The van der Waals surface area contributed by atoms with Crippen molar-refractivity contribution in [1.82, 2.24) is 34.7 Å². The summed E-state index contributed by atoms with van der Waals surface area (Å²) in [4.78, 5) is 24.9. The molecule has 0 radical (unpaired) electrons. The van der Waals surface area contributed by atoms with Gasteiger partial charge in [0.05, 0.1) is 17.6 Å². The monoisotopic (exact) mass is 582 g/mol. The Kier molecular flexibility index (Phi) is 6.12. The molecule has 2 bridgehead atoms. The fraction of sp³-hybridized carbons (Fsp3) is 0.300. The normalized spacial score (nSPS) is 20.3. The molecule has 42 heavy (non-hydrogen) atoms. The van der Waals surface area contributed by atoms with E-state index in [-0.39, 0.29) is 34.6 Å². The third-order valence-electron chi connectivity index (χ3n) is 8.46. The molecule has 1 amide bonds. The molecule has 3 atom stereocenters. The number of fused-ring (bicyclic) bond motifs is 3. The zero-order valence-corrected chi connectivity index (χ0v) is 24.0. The van der Waals surface area contributed by atoms with Crippen LogP contribution in [0, 0.1) is 6.92 Å². The minimum absolute atomic E-state index is 0.00861. The second-order valence-corrected chi connectivity index (χ2v) is 13.2. The Hall–Kier alpha value is -4.58. The number of aryl methyl sites for hydroxylation is 1. The lowest BCUT2D eigenvalue weighted by Crippen LogP contribution is -2.46. The van der Waals surface area contributed by atoms with E-state index in [1.807, 2.05) is 54.3 Å². The second kappa shape index (κ2) is 9.76. The number of hydrogen-bond donors (Lipinski definition) is 2. The standard InChI is InChI=1S/C30H30N8O3S/c1-17-12-25(36-35-17)30(39)37-21-9-10-22(37)14-20(13-21)26-27(42(2,40)41)28(31)38-29(34-26)23(16-33-38)19-8-11-24(32-15-19)18-6-4-3-5-7-18/h3-8,11-12,15-16,20-22H,9-10,13-14,31H2,1-2H3,(H,35,36)/t20?,21-,22+. The summed E-state index contributed by atoms with van der Waals surface area (Å²) in [5.41, 5.74) is 12.0. The first-order valence-corrected chi connectivity index (χ1v) is 15.8. The maximum absolute atomic E-state index is 13.3. The van der Waals surface area contributed by atoms with Crippen molar-refractivity contribution in [3.8, 4) is 22.4 Å². The van der Waals surface area contributed by atoms with Gasteiger partial charge in [-0.2, -0.15) is 14.7 Å². The number of pyridine rings is 1. The van der Waals surface area contributed by atoms with Crippen LogP contribution in [0.3, 0.4) is 0 Å². The number of carbonyl (C=O) groups excluding carboxylic acids is 1. The molecule has 214 valence electrons. The van der Waals surface area contributed by atoms with Crippen LogP contribution in [-0.2, 0) is 9.84 Å². The van der Waals surface area contributed by atoms with Crippen LogP contribution in [0.1, 0.15) is 53.5 Å². The van der Waals surface area contributed by atoms with Crippen molar-refractivity contribution in [2.45, 2.75) is 55.5 Å². The molecule has 1 aromatic carbocycles. The molecular formula is C30H30N8O3S. The Morgan fingerprint density at radius 1 is 1.02 bits per heavy atom. The summed E-state index contributed by atoms with van der Waals surface area (Å²) in [6.07, 6.45) is 7.44. The highest BCUT2D eigenvalue weighted by molar-refractivity contribution is 7.91. The lowest BCUT2D eigenvalue weighted by molar-refractivity contribution is 0.0562. The predicted molar refractivity (Wildman–Crippen MR) is 157 cm³/mol. The number of hydrogen-bond acceptors (Lipinski definition) is 8. The van der Waals surface area contributed by atoms with E-state index >= 15 is 0 Å². The van der Waals surface area contributed by atoms with Crippen LogP contribution in [0.25, 0.3) is 28.0 Å². The van der Waals surface area contributed by atoms with Gasteiger partial charge in [-0.25, -0.2) is 13.4 Å². The lowest BCUT2D eigenvalue weighted by atomic mass is 9.87. The summed E-state index contributed by atoms with van der Waals surface area (Å²) in [7, 11) is -3.74. The van der Waals surface area contributed by atoms with Gasteiger partial charge < -0.3 is 10.6 Å². The number of benzene rings is 1. The van der Waals surface area contributed by atoms with E-state index in [9.17, 15) is 13.2 Å². The zero-order chi connectivity index (χ0) is 29.2. The van der Waals surface area contributed by atoms with E-state index in [1.54, 1.807) is 18.5 Å². The summed E-state index contributed by atoms with van der Waals surface area (Å²) >= 11 is 0. The maximum Gasteiger partial charge on any atom is 0.274 e. The molecule has 11 nitrogen and oxygen atoms in total. The molecular weight excluding hydrogens is 552 g/mol. The molecule has 0 saturated carbocycles. The fourth-order valence-electron chi connectivity index (χ4n) is 6.60. The molecule has 2 aliphatic heterocycles. The van der Waals surface area contributed by atoms with Gasteiger partial charge in [0.2, 0.25) is 0 Å². The van der Waals surface area contributed by atoms with E-state index in [0.29, 0.717) is 35.4 Å². The smallest absolute Gasteiger partial charge is 0.274 e. The SMILES string of the molecule is Cc1cc(C(=O)N2[C@@H]3CC[C@H]2CC(c2nc4c(-c5ccc(-c6ccccc6)nc5)cnn4c(N)c2S(C)(=O)=O)C3)n[nH]1. The van der Waals surface area contributed by atoms with E-state index in [4.69, 9.17) is 10.7 Å². The number of aromatic amines is 1. The number of anilines is 1. The van der Waals surface area contributed by atoms with Crippen LogP contribution < -0.4 is 5.73 Å². The summed E-state index contributed by atoms with van der Waals surface area (Å²) in [5.74, 6) is -0.248. The van der Waals surface area contributed by atoms with Crippen molar-refractivity contribution in [2.75, 3.05) is 12.0 Å². The van der Waals surface area contributed by atoms with Gasteiger partial charge in [-0.15, -0.1) is 0 Å². The molecule has 3 N–H and O–H groups in total. The Labute approximate surface area is 242 Å². The van der Waals surface area contributed by atoms with Crippen molar-refractivity contribution < 1.29 is 13.2 Å². The van der Waals surface area contributed by atoms with Crippen molar-refractivity contribution in [2.24, 2.45) is 0 Å². The van der Waals surface area contributed by atoms with E-state index < -0.39 is 9.84 Å². The van der Waals surface area contributed by atoms with Crippen LogP contribution in [0.2, 0.25) is 0 Å². The number of sulfone groups is 1. The van der Waals surface area contributed by atoms with Crippen molar-refractivity contribution in [3.05, 3.63) is 78.0 Å². The van der Waals surface area contributed by atoms with Gasteiger partial charge in [-0.3, -0.25) is 14.9 Å². The number of nitrogens with two attached hydrogens (primary N) is 1. The average molecular weight is 583 g/mol. The van der Waals surface area contributed by atoms with Crippen LogP contribution in [0.4, 0.5) is 5.82 Å². The van der Waals surface area contributed by atoms with Crippen LogP contribution in [0.5, 0.6) is 0 Å². The molecule has 6 heterocycles. The van der Waals surface area contributed by atoms with Gasteiger partial charge in [0.25, 0.3) is 5.91 Å². The van der Waals surface area contributed by atoms with Gasteiger partial charge in [-0.1, -0.05) is 36.4 Å². The Morgan fingerprint density at radius 2 is 1.76 bits per heavy atom. The minimum Gasteiger partial charge on any atom is -0.382 e. The molecule has 1 unspecified atom stereocenters. The molecule has 0 spiro atoms. The number of nitrogen functional groups attached to an aromatic ring is 1. The number of amides is 1. The Balaban J connectivity index is 1.27. The van der Waals surface area contributed by atoms with E-state index in [1.165, 1.54) is 4.52 Å². The fourth-order valence-corrected chi connectivity index (χ4v) is 7.66. The van der Waals surface area contributed by atoms with Crippen molar-refractivity contribution >= 4 is 27.2 Å². The van der Waals surface area contributed by atoms with Crippen LogP contribution in [-0.4, -0.2) is 67.3 Å². The number of aromatic nitrogens is 6. The summed E-state index contributed by atoms with van der Waals surface area (Å²) in [6, 6.07) is 15.5. The molecule has 5 aromatic rings. The highest BCUT2D eigenvalue weighted by Gasteiger charge is 2.46. The highest BCUT2D eigenvalue weighted by Crippen LogP contribution is 2.45. The summed E-state index contributed by atoms with van der Waals surface area (Å²) < 4.78 is 27.6. The molecule has 2 fully saturated rings. The van der Waals surface area contributed by atoms with Gasteiger partial charge >= 0.3 is 0 Å². The molecule has 7 rings (SSSR count). The second-order valence-electron chi connectivity index (χ2n) is 11.3. The largest absolute Gasteiger partial charge is 0.382 e. The van der Waals surface area contributed by atoms with E-state index in [0.717, 1.165) is 41.6 Å². The lowest BCUT2D eigenvalue weighted by Gasteiger charge is -2.39. The van der Waals surface area contributed by atoms with Gasteiger partial charge in [0.15, 0.2) is 15.5 Å². The highest BCUT2D eigenvalue weighted by atomic mass is 32.2. The number of H-pyrrole nitrogens is 1. The summed E-state index contributed by atoms with van der Waals surface area (Å²) in [5, 5.41) is 11.4. The minimum atomic E-state index is -3.74. The van der Waals surface area contributed by atoms with Gasteiger partial charge in [-0.05, 0) is 44.7 Å². The number of nitrogens with zero attached hydrogens (tertiary/aromatic N) is 6. The number of piperidine rings is 1. The summed E-state index contributed by atoms with van der Waals surface area (Å²) in [6.45, 7) is 1.86. The van der Waals surface area contributed by atoms with E-state index in [2.05, 4.69) is 20.3 Å². The predicted octanol–water partition coefficient (Wildman–Crippen LogP) is 4.03. The first kappa shape index (κ1) is 26.3. The van der Waals surface area contributed by atoms with Crippen LogP contribution >= 0.6 is 0 Å². The maximum atomic E-state index is 13.3. The number of nitrogens with one attached hydrogen (secondary N) is 1. The van der Waals surface area contributed by atoms with Gasteiger partial charge in [0.1, 0.15) is 16.4 Å². The quantitative estimate of drug-likeness (QED) is 0.315. The topological polar surface area (TPSA) is 152 Å². The molecule has 12 heteroatoms. The first-order chi connectivity index (χ1) is 20.2. The number of rotatable bonds is 5. The molecule has 2 saturated heterocycles. The van der Waals surface area contributed by atoms with Crippen molar-refractivity contribution in [1.29, 1.82) is 0 Å². The average Bonchev–Trinajstić information content (AvgIpc) is 3.68. The third kappa shape index (κ3) is 4.33. The number of carbonyl (C=O) groups is 1. The van der Waals surface area contributed by atoms with Gasteiger partial charge in [0, 0.05) is 52.8 Å². The first-order valence-electron chi connectivity index (χ1n) is 13.9. The zero-order valence-electron chi connectivity index (χ0n) is 23.2. The third-order valence-corrected chi connectivity index (χ3v) is 9.62. The van der Waals surface area contributed by atoms with Crippen LogP contribution in [0.15, 0.2) is 65.8 Å². The Morgan fingerprint density at radius 3 is 2.38 bits per heavy atom. The Bertz CT molecular complexity index is 1920. The molecule has 2 aliphatic rings. The molecule has 0 aliphatic carbocycles. The van der Waals surface area contributed by atoms with Crippen molar-refractivity contribution in [3.63, 3.8) is 0 Å².